The van der Waals surface area contributed by atoms with Crippen LogP contribution in [0.15, 0.2) is 0 Å². The Labute approximate surface area is 68.7 Å². The Kier molecular flexibility index (Phi) is 4.36. The van der Waals surface area contributed by atoms with E-state index in [-0.39, 0.29) is 17.1 Å². The number of aliphatic carboxylic acids is 2. The van der Waals surface area contributed by atoms with Gasteiger partial charge in [-0.3, -0.25) is 0 Å². The third-order valence-corrected chi connectivity index (χ3v) is 1.02. The van der Waals surface area contributed by atoms with Gasteiger partial charge < -0.3 is 19.8 Å². The van der Waals surface area contributed by atoms with Crippen LogP contribution in [-0.4, -0.2) is 11.9 Å². The van der Waals surface area contributed by atoms with Crippen molar-refractivity contribution < 1.29 is 36.9 Å². The first-order valence-electron chi connectivity index (χ1n) is 2.32. The molecule has 0 aromatic carbocycles. The molecule has 5 heteroatoms. The summed E-state index contributed by atoms with van der Waals surface area (Å²) in [5, 5.41) is 19.9. The van der Waals surface area contributed by atoms with Crippen LogP contribution >= 0.6 is 0 Å². The van der Waals surface area contributed by atoms with Crippen LogP contribution in [0.5, 0.6) is 0 Å². The van der Waals surface area contributed by atoms with Crippen LogP contribution in [0.4, 0.5) is 0 Å². The summed E-state index contributed by atoms with van der Waals surface area (Å²) in [5.41, 5.74) is -1.89. The van der Waals surface area contributed by atoms with Gasteiger partial charge in [-0.15, -0.1) is 0 Å². The number of carboxylic acids is 2. The van der Waals surface area contributed by atoms with E-state index in [0.717, 1.165) is 13.8 Å². The van der Waals surface area contributed by atoms with Gasteiger partial charge in [-0.2, -0.15) is 0 Å². The van der Waals surface area contributed by atoms with Crippen molar-refractivity contribution >= 4 is 11.9 Å². The first-order chi connectivity index (χ1) is 3.89. The number of carbonyl (C=O) groups excluding carboxylic acids is 2. The topological polar surface area (TPSA) is 80.3 Å². The average Bonchev–Trinajstić information content (AvgIpc) is 1.65. The number of rotatable bonds is 2. The van der Waals surface area contributed by atoms with Crippen LogP contribution < -0.4 is 10.2 Å². The van der Waals surface area contributed by atoms with Gasteiger partial charge in [0, 0.05) is 5.41 Å². The molecule has 0 atom stereocenters. The molecule has 0 aliphatic rings. The number of hydrogen-bond donors (Lipinski definition) is 0. The molecule has 0 radical (unpaired) electrons. The molecule has 0 aliphatic carbocycles. The van der Waals surface area contributed by atoms with Crippen LogP contribution in [-0.2, 0) is 26.7 Å². The fourth-order valence-corrected chi connectivity index (χ4v) is 0.0833. The molecule has 10 heavy (non-hydrogen) atoms. The second-order valence-electron chi connectivity index (χ2n) is 2.20. The zero-order chi connectivity index (χ0) is 7.65. The van der Waals surface area contributed by atoms with Crippen molar-refractivity contribution in [1.82, 2.24) is 0 Å². The molecule has 0 aromatic rings. The summed E-state index contributed by atoms with van der Waals surface area (Å²) in [6.45, 7) is 2.02. The zero-order valence-corrected chi connectivity index (χ0v) is 6.59. The van der Waals surface area contributed by atoms with Crippen LogP contribution in [0.3, 0.4) is 0 Å². The Morgan fingerprint density at radius 1 is 1.10 bits per heavy atom. The van der Waals surface area contributed by atoms with Gasteiger partial charge in [0.25, 0.3) is 0 Å². The summed E-state index contributed by atoms with van der Waals surface area (Å²) in [7, 11) is 0. The third-order valence-electron chi connectivity index (χ3n) is 1.02. The van der Waals surface area contributed by atoms with Crippen molar-refractivity contribution in [2.24, 2.45) is 5.41 Å². The zero-order valence-electron chi connectivity index (χ0n) is 5.49. The van der Waals surface area contributed by atoms with Crippen molar-refractivity contribution in [2.75, 3.05) is 0 Å². The molecule has 0 amide bonds. The minimum Gasteiger partial charge on any atom is -0.549 e. The number of carbonyl (C=O) groups is 2. The maximum Gasteiger partial charge on any atom is 2.00 e. The van der Waals surface area contributed by atoms with Crippen LogP contribution in [0.25, 0.3) is 0 Å². The summed E-state index contributed by atoms with van der Waals surface area (Å²) in [6, 6.07) is 0. The molecular weight excluding hydrogens is 180 g/mol. The monoisotopic (exact) mass is 186 g/mol. The first-order valence-corrected chi connectivity index (χ1v) is 2.32. The van der Waals surface area contributed by atoms with Crippen LogP contribution in [0, 0.1) is 5.41 Å². The van der Waals surface area contributed by atoms with E-state index < -0.39 is 17.4 Å². The van der Waals surface area contributed by atoms with Gasteiger partial charge in [0.2, 0.25) is 0 Å². The van der Waals surface area contributed by atoms with E-state index in [1.54, 1.807) is 0 Å². The van der Waals surface area contributed by atoms with Gasteiger partial charge in [0.15, 0.2) is 0 Å². The van der Waals surface area contributed by atoms with Crippen molar-refractivity contribution in [3.05, 3.63) is 0 Å². The quantitative estimate of drug-likeness (QED) is 0.353. The smallest absolute Gasteiger partial charge is 0.549 e. The first kappa shape index (κ1) is 12.2. The Morgan fingerprint density at radius 3 is 1.30 bits per heavy atom. The fourth-order valence-electron chi connectivity index (χ4n) is 0.0833. The molecular formula is C5H6FeO4. The van der Waals surface area contributed by atoms with Gasteiger partial charge in [-0.25, -0.2) is 0 Å². The SMILES string of the molecule is CC(C)(C(=O)[O-])C(=O)[O-].[Fe+2]. The number of carboxylic acid groups (broad SMARTS) is 2. The Morgan fingerprint density at radius 2 is 1.30 bits per heavy atom. The minimum atomic E-state index is -1.89. The summed E-state index contributed by atoms with van der Waals surface area (Å²) in [5.74, 6) is -3.27. The normalized spacial score (nSPS) is 9.80. The van der Waals surface area contributed by atoms with E-state index in [1.807, 2.05) is 0 Å². The van der Waals surface area contributed by atoms with E-state index in [9.17, 15) is 19.8 Å². The predicted molar refractivity (Wildman–Crippen MR) is 23.8 cm³/mol. The molecule has 0 bridgehead atoms. The van der Waals surface area contributed by atoms with Gasteiger partial charge >= 0.3 is 17.1 Å². The van der Waals surface area contributed by atoms with E-state index in [4.69, 9.17) is 0 Å². The minimum absolute atomic E-state index is 0. The Bertz CT molecular complexity index is 136. The van der Waals surface area contributed by atoms with E-state index in [0.29, 0.717) is 0 Å². The third kappa shape index (κ3) is 2.37. The Balaban J connectivity index is 0. The summed E-state index contributed by atoms with van der Waals surface area (Å²) in [6.07, 6.45) is 0. The molecule has 0 heterocycles. The second kappa shape index (κ2) is 3.58. The van der Waals surface area contributed by atoms with Gasteiger partial charge in [0.05, 0.1) is 11.9 Å². The molecule has 0 aromatic heterocycles. The molecule has 0 fully saturated rings. The standard InChI is InChI=1S/C5H8O4.Fe/c1-5(2,3(6)7)4(8)9;/h1-2H3,(H,6,7)(H,8,9);/q;+2/p-2. The van der Waals surface area contributed by atoms with Crippen molar-refractivity contribution in [3.8, 4) is 0 Å². The van der Waals surface area contributed by atoms with Gasteiger partial charge in [-0.1, -0.05) is 0 Å². The van der Waals surface area contributed by atoms with E-state index in [1.165, 1.54) is 0 Å². The molecule has 0 rings (SSSR count). The summed E-state index contributed by atoms with van der Waals surface area (Å²) < 4.78 is 0. The van der Waals surface area contributed by atoms with Crippen molar-refractivity contribution in [3.63, 3.8) is 0 Å². The molecule has 4 nitrogen and oxygen atoms in total. The van der Waals surface area contributed by atoms with Crippen LogP contribution in [0.1, 0.15) is 13.8 Å². The van der Waals surface area contributed by atoms with Crippen molar-refractivity contribution in [2.45, 2.75) is 13.8 Å². The van der Waals surface area contributed by atoms with Crippen molar-refractivity contribution in [1.29, 1.82) is 0 Å². The summed E-state index contributed by atoms with van der Waals surface area (Å²) in [4.78, 5) is 19.9. The molecule has 0 N–H and O–H groups in total. The fraction of sp³-hybridized carbons (Fsp3) is 0.600. The molecule has 0 aliphatic heterocycles. The maximum atomic E-state index is 9.93. The maximum absolute atomic E-state index is 9.93. The molecule has 0 saturated heterocycles. The largest absolute Gasteiger partial charge is 2.00 e. The van der Waals surface area contributed by atoms with E-state index >= 15 is 0 Å². The van der Waals surface area contributed by atoms with Gasteiger partial charge in [-0.05, 0) is 13.8 Å². The van der Waals surface area contributed by atoms with Gasteiger partial charge in [0.1, 0.15) is 0 Å². The molecule has 0 spiro atoms. The average molecular weight is 186 g/mol. The second-order valence-corrected chi connectivity index (χ2v) is 2.20. The van der Waals surface area contributed by atoms with E-state index in [2.05, 4.69) is 0 Å². The summed E-state index contributed by atoms with van der Waals surface area (Å²) >= 11 is 0. The van der Waals surface area contributed by atoms with Crippen LogP contribution in [0.2, 0.25) is 0 Å². The number of hydrogen-bond acceptors (Lipinski definition) is 4. The molecule has 58 valence electrons. The Hall–Kier alpha value is -0.541. The molecule has 0 saturated carbocycles. The molecule has 0 unspecified atom stereocenters. The predicted octanol–water partition coefficient (Wildman–Crippen LogP) is -2.49.